The van der Waals surface area contributed by atoms with Crippen LogP contribution in [0.4, 0.5) is 0 Å². The van der Waals surface area contributed by atoms with Gasteiger partial charge >= 0.3 is 0 Å². The van der Waals surface area contributed by atoms with Crippen LogP contribution in [0.15, 0.2) is 57.9 Å². The SMILES string of the molecule is CN=C(NCc1cc(OC)ccc1O)N(C)Cc1cc2ccccc2o1.I. The average Bonchev–Trinajstić information content (AvgIpc) is 3.05. The molecular formula is C20H24IN3O3. The van der Waals surface area contributed by atoms with Crippen LogP contribution >= 0.6 is 24.0 Å². The van der Waals surface area contributed by atoms with Gasteiger partial charge in [0, 0.05) is 31.6 Å². The largest absolute Gasteiger partial charge is 0.508 e. The van der Waals surface area contributed by atoms with E-state index in [0.717, 1.165) is 22.3 Å². The lowest BCUT2D eigenvalue weighted by molar-refractivity contribution is 0.407. The molecule has 6 nitrogen and oxygen atoms in total. The minimum atomic E-state index is 0. The Balaban J connectivity index is 0.00000261. The summed E-state index contributed by atoms with van der Waals surface area (Å²) >= 11 is 0. The Hall–Kier alpha value is -2.42. The molecule has 2 N–H and O–H groups in total. The Morgan fingerprint density at radius 3 is 2.70 bits per heavy atom. The third kappa shape index (κ3) is 5.06. The van der Waals surface area contributed by atoms with Gasteiger partial charge in [0.25, 0.3) is 0 Å². The fraction of sp³-hybridized carbons (Fsp3) is 0.250. The van der Waals surface area contributed by atoms with Crippen LogP contribution in [-0.2, 0) is 13.1 Å². The molecule has 7 heteroatoms. The van der Waals surface area contributed by atoms with E-state index >= 15 is 0 Å². The number of aliphatic imine (C=N–C) groups is 1. The number of nitrogens with one attached hydrogen (secondary N) is 1. The van der Waals surface area contributed by atoms with E-state index in [4.69, 9.17) is 9.15 Å². The molecule has 0 saturated heterocycles. The third-order valence-corrected chi connectivity index (χ3v) is 4.17. The molecule has 27 heavy (non-hydrogen) atoms. The zero-order valence-electron chi connectivity index (χ0n) is 15.6. The van der Waals surface area contributed by atoms with E-state index in [1.54, 1.807) is 32.4 Å². The number of hydrogen-bond donors (Lipinski definition) is 2. The molecule has 1 heterocycles. The van der Waals surface area contributed by atoms with Crippen molar-refractivity contribution in [3.8, 4) is 11.5 Å². The molecule has 0 bridgehead atoms. The number of furan rings is 1. The Kier molecular flexibility index (Phi) is 7.35. The summed E-state index contributed by atoms with van der Waals surface area (Å²) in [6.45, 7) is 1.01. The molecule has 0 unspecified atom stereocenters. The lowest BCUT2D eigenvalue weighted by Gasteiger charge is -2.21. The lowest BCUT2D eigenvalue weighted by atomic mass is 10.2. The van der Waals surface area contributed by atoms with E-state index in [2.05, 4.69) is 10.3 Å². The molecule has 0 amide bonds. The van der Waals surface area contributed by atoms with Gasteiger partial charge in [0.2, 0.25) is 0 Å². The summed E-state index contributed by atoms with van der Waals surface area (Å²) in [5.74, 6) is 2.48. The van der Waals surface area contributed by atoms with Crippen molar-refractivity contribution in [2.75, 3.05) is 21.2 Å². The van der Waals surface area contributed by atoms with Gasteiger partial charge in [0.1, 0.15) is 22.8 Å². The highest BCUT2D eigenvalue weighted by Crippen LogP contribution is 2.23. The first-order chi connectivity index (χ1) is 12.6. The number of aromatic hydroxyl groups is 1. The number of nitrogens with zero attached hydrogens (tertiary/aromatic N) is 2. The Bertz CT molecular complexity index is 891. The van der Waals surface area contributed by atoms with E-state index in [1.807, 2.05) is 42.3 Å². The first-order valence-electron chi connectivity index (χ1n) is 8.36. The molecule has 144 valence electrons. The molecule has 0 spiro atoms. The van der Waals surface area contributed by atoms with Gasteiger partial charge in [-0.2, -0.15) is 0 Å². The monoisotopic (exact) mass is 481 g/mol. The number of hydrogen-bond acceptors (Lipinski definition) is 4. The number of guanidine groups is 1. The van der Waals surface area contributed by atoms with Crippen molar-refractivity contribution in [3.63, 3.8) is 0 Å². The Morgan fingerprint density at radius 1 is 1.22 bits per heavy atom. The van der Waals surface area contributed by atoms with Crippen molar-refractivity contribution < 1.29 is 14.3 Å². The van der Waals surface area contributed by atoms with Crippen LogP contribution in [0.1, 0.15) is 11.3 Å². The summed E-state index contributed by atoms with van der Waals surface area (Å²) in [5.41, 5.74) is 1.61. The maximum Gasteiger partial charge on any atom is 0.194 e. The van der Waals surface area contributed by atoms with Crippen LogP contribution in [-0.4, -0.2) is 37.2 Å². The molecule has 3 aromatic rings. The van der Waals surface area contributed by atoms with E-state index in [9.17, 15) is 5.11 Å². The first kappa shape index (κ1) is 20.9. The van der Waals surface area contributed by atoms with Gasteiger partial charge in [-0.15, -0.1) is 24.0 Å². The number of phenols is 1. The van der Waals surface area contributed by atoms with Gasteiger partial charge in [-0.3, -0.25) is 4.99 Å². The van der Waals surface area contributed by atoms with E-state index in [-0.39, 0.29) is 29.7 Å². The maximum absolute atomic E-state index is 10.0. The van der Waals surface area contributed by atoms with Crippen molar-refractivity contribution in [3.05, 3.63) is 59.9 Å². The van der Waals surface area contributed by atoms with Crippen LogP contribution in [0.2, 0.25) is 0 Å². The zero-order valence-corrected chi connectivity index (χ0v) is 17.9. The molecule has 2 aromatic carbocycles. The van der Waals surface area contributed by atoms with Crippen LogP contribution < -0.4 is 10.1 Å². The lowest BCUT2D eigenvalue weighted by Crippen LogP contribution is -2.37. The van der Waals surface area contributed by atoms with Crippen LogP contribution in [0.5, 0.6) is 11.5 Å². The molecule has 0 fully saturated rings. The van der Waals surface area contributed by atoms with Crippen LogP contribution in [0, 0.1) is 0 Å². The highest BCUT2D eigenvalue weighted by Gasteiger charge is 2.11. The van der Waals surface area contributed by atoms with Crippen LogP contribution in [0.25, 0.3) is 11.0 Å². The van der Waals surface area contributed by atoms with Crippen molar-refractivity contribution in [1.29, 1.82) is 0 Å². The fourth-order valence-electron chi connectivity index (χ4n) is 2.81. The molecule has 0 aliphatic carbocycles. The number of benzene rings is 2. The van der Waals surface area contributed by atoms with E-state index in [0.29, 0.717) is 24.8 Å². The predicted molar refractivity (Wildman–Crippen MR) is 118 cm³/mol. The van der Waals surface area contributed by atoms with E-state index < -0.39 is 0 Å². The van der Waals surface area contributed by atoms with Gasteiger partial charge in [0.15, 0.2) is 5.96 Å². The highest BCUT2D eigenvalue weighted by atomic mass is 127. The van der Waals surface area contributed by atoms with Crippen molar-refractivity contribution in [1.82, 2.24) is 10.2 Å². The Labute approximate surface area is 175 Å². The number of rotatable bonds is 5. The fourth-order valence-corrected chi connectivity index (χ4v) is 2.81. The van der Waals surface area contributed by atoms with Gasteiger partial charge < -0.3 is 24.5 Å². The number of methoxy groups -OCH3 is 1. The second-order valence-corrected chi connectivity index (χ2v) is 6.00. The Morgan fingerprint density at radius 2 is 2.00 bits per heavy atom. The number of halogens is 1. The summed E-state index contributed by atoms with van der Waals surface area (Å²) in [6.07, 6.45) is 0. The van der Waals surface area contributed by atoms with Gasteiger partial charge in [-0.25, -0.2) is 0 Å². The second-order valence-electron chi connectivity index (χ2n) is 6.00. The first-order valence-corrected chi connectivity index (χ1v) is 8.36. The van der Waals surface area contributed by atoms with E-state index in [1.165, 1.54) is 0 Å². The predicted octanol–water partition coefficient (Wildman–Crippen LogP) is 3.97. The molecule has 0 radical (unpaired) electrons. The maximum atomic E-state index is 10.0. The van der Waals surface area contributed by atoms with Gasteiger partial charge in [-0.05, 0) is 30.3 Å². The van der Waals surface area contributed by atoms with Crippen LogP contribution in [0.3, 0.4) is 0 Å². The highest BCUT2D eigenvalue weighted by molar-refractivity contribution is 14.0. The quantitative estimate of drug-likeness (QED) is 0.328. The van der Waals surface area contributed by atoms with Crippen molar-refractivity contribution in [2.24, 2.45) is 4.99 Å². The minimum Gasteiger partial charge on any atom is -0.508 e. The summed E-state index contributed by atoms with van der Waals surface area (Å²) in [7, 11) is 5.26. The third-order valence-electron chi connectivity index (χ3n) is 4.17. The standard InChI is InChI=1S/C20H23N3O3.HI/c1-21-20(22-12-15-11-16(25-3)8-9-18(15)24)23(2)13-17-10-14-6-4-5-7-19(14)26-17;/h4-11,24H,12-13H2,1-3H3,(H,21,22);1H. The second kappa shape index (κ2) is 9.50. The molecule has 3 rings (SSSR count). The number of ether oxygens (including phenoxy) is 1. The molecule has 0 atom stereocenters. The molecule has 1 aromatic heterocycles. The zero-order chi connectivity index (χ0) is 18.5. The minimum absolute atomic E-state index is 0. The normalized spacial score (nSPS) is 11.1. The van der Waals surface area contributed by atoms with Crippen molar-refractivity contribution >= 4 is 40.9 Å². The summed E-state index contributed by atoms with van der Waals surface area (Å²) in [4.78, 5) is 6.27. The molecule has 0 saturated carbocycles. The summed E-state index contributed by atoms with van der Waals surface area (Å²) in [6, 6.07) is 15.1. The van der Waals surface area contributed by atoms with Gasteiger partial charge in [-0.1, -0.05) is 18.2 Å². The number of fused-ring (bicyclic) bond motifs is 1. The average molecular weight is 481 g/mol. The molecule has 0 aliphatic rings. The van der Waals surface area contributed by atoms with Crippen molar-refractivity contribution in [2.45, 2.75) is 13.1 Å². The smallest absolute Gasteiger partial charge is 0.194 e. The number of phenolic OH excluding ortho intramolecular Hbond substituents is 1. The number of para-hydroxylation sites is 1. The van der Waals surface area contributed by atoms with Gasteiger partial charge in [0.05, 0.1) is 13.7 Å². The topological polar surface area (TPSA) is 70.2 Å². The molecule has 0 aliphatic heterocycles. The summed E-state index contributed by atoms with van der Waals surface area (Å²) < 4.78 is 11.1. The molecular weight excluding hydrogens is 457 g/mol. The summed E-state index contributed by atoms with van der Waals surface area (Å²) in [5, 5.41) is 14.3.